The van der Waals surface area contributed by atoms with Gasteiger partial charge < -0.3 is 38.3 Å². The SMILES string of the molecule is CC(NC(=O)C(C)NC(=O)C(N)C(C)C)C(=O)NC(CCCN=C(N)N)C(=O)O. The molecule has 0 rings (SSSR count). The van der Waals surface area contributed by atoms with Crippen molar-refractivity contribution in [2.24, 2.45) is 28.1 Å². The van der Waals surface area contributed by atoms with Gasteiger partial charge >= 0.3 is 5.97 Å². The van der Waals surface area contributed by atoms with Crippen LogP contribution in [0.25, 0.3) is 0 Å². The predicted molar refractivity (Wildman–Crippen MR) is 108 cm³/mol. The van der Waals surface area contributed by atoms with E-state index in [4.69, 9.17) is 17.2 Å². The molecule has 12 nitrogen and oxygen atoms in total. The zero-order valence-electron chi connectivity index (χ0n) is 17.3. The largest absolute Gasteiger partial charge is 0.480 e. The minimum atomic E-state index is -1.22. The lowest BCUT2D eigenvalue weighted by atomic mass is 10.0. The van der Waals surface area contributed by atoms with E-state index < -0.39 is 47.9 Å². The topological polar surface area (TPSA) is 215 Å². The molecule has 0 aliphatic rings. The molecule has 4 unspecified atom stereocenters. The molecule has 0 heterocycles. The summed E-state index contributed by atoms with van der Waals surface area (Å²) in [4.78, 5) is 51.4. The molecule has 29 heavy (non-hydrogen) atoms. The summed E-state index contributed by atoms with van der Waals surface area (Å²) in [5.41, 5.74) is 16.1. The third-order valence-corrected chi connectivity index (χ3v) is 4.08. The number of carbonyl (C=O) groups excluding carboxylic acids is 3. The molecule has 12 heteroatoms. The van der Waals surface area contributed by atoms with Crippen molar-refractivity contribution in [3.8, 4) is 0 Å². The molecule has 0 aromatic carbocycles. The number of nitrogens with one attached hydrogen (secondary N) is 3. The Hall–Kier alpha value is -2.89. The van der Waals surface area contributed by atoms with Gasteiger partial charge in [-0.05, 0) is 32.6 Å². The molecule has 3 amide bonds. The number of carboxylic acids is 1. The van der Waals surface area contributed by atoms with E-state index in [0.29, 0.717) is 6.42 Å². The van der Waals surface area contributed by atoms with E-state index in [1.807, 2.05) is 0 Å². The average Bonchev–Trinajstić information content (AvgIpc) is 2.62. The van der Waals surface area contributed by atoms with Gasteiger partial charge in [-0.2, -0.15) is 0 Å². The van der Waals surface area contributed by atoms with Gasteiger partial charge in [-0.3, -0.25) is 19.4 Å². The van der Waals surface area contributed by atoms with Crippen LogP contribution in [0.2, 0.25) is 0 Å². The van der Waals surface area contributed by atoms with Crippen LogP contribution < -0.4 is 33.2 Å². The highest BCUT2D eigenvalue weighted by Gasteiger charge is 2.26. The molecular weight excluding hydrogens is 382 g/mol. The summed E-state index contributed by atoms with van der Waals surface area (Å²) in [6.07, 6.45) is 0.452. The number of amides is 3. The van der Waals surface area contributed by atoms with Crippen LogP contribution in [0.3, 0.4) is 0 Å². The van der Waals surface area contributed by atoms with E-state index in [1.54, 1.807) is 13.8 Å². The third-order valence-electron chi connectivity index (χ3n) is 4.08. The molecule has 0 saturated heterocycles. The van der Waals surface area contributed by atoms with E-state index in [1.165, 1.54) is 13.8 Å². The molecule has 0 saturated carbocycles. The minimum Gasteiger partial charge on any atom is -0.480 e. The lowest BCUT2D eigenvalue weighted by molar-refractivity contribution is -0.142. The Bertz CT molecular complexity index is 619. The van der Waals surface area contributed by atoms with Gasteiger partial charge in [0.15, 0.2) is 5.96 Å². The Balaban J connectivity index is 4.64. The number of rotatable bonds is 12. The average molecular weight is 415 g/mol. The fraction of sp³-hybridized carbons (Fsp3) is 0.706. The lowest BCUT2D eigenvalue weighted by Gasteiger charge is -2.22. The van der Waals surface area contributed by atoms with Crippen molar-refractivity contribution in [2.75, 3.05) is 6.54 Å². The van der Waals surface area contributed by atoms with Crippen molar-refractivity contribution in [1.82, 2.24) is 16.0 Å². The van der Waals surface area contributed by atoms with Gasteiger partial charge in [0.25, 0.3) is 0 Å². The van der Waals surface area contributed by atoms with Crippen LogP contribution in [0.4, 0.5) is 0 Å². The number of hydrogen-bond acceptors (Lipinski definition) is 6. The standard InChI is InChI=1S/C17H33N7O5/c1-8(2)12(18)15(27)23-9(3)13(25)22-10(4)14(26)24-11(16(28)29)6-5-7-21-17(19)20/h8-12H,5-7,18H2,1-4H3,(H,22,25)(H,23,27)(H,24,26)(H,28,29)(H4,19,20,21). The molecule has 0 radical (unpaired) electrons. The van der Waals surface area contributed by atoms with E-state index >= 15 is 0 Å². The molecule has 4 atom stereocenters. The van der Waals surface area contributed by atoms with Gasteiger partial charge in [0.2, 0.25) is 17.7 Å². The number of aliphatic carboxylic acids is 1. The van der Waals surface area contributed by atoms with Gasteiger partial charge in [-0.25, -0.2) is 4.79 Å². The monoisotopic (exact) mass is 415 g/mol. The van der Waals surface area contributed by atoms with Crippen molar-refractivity contribution in [3.63, 3.8) is 0 Å². The molecule has 10 N–H and O–H groups in total. The molecule has 0 aliphatic carbocycles. The first-order valence-corrected chi connectivity index (χ1v) is 9.31. The van der Waals surface area contributed by atoms with Gasteiger partial charge in [0, 0.05) is 6.54 Å². The van der Waals surface area contributed by atoms with Crippen molar-refractivity contribution < 1.29 is 24.3 Å². The van der Waals surface area contributed by atoms with Crippen LogP contribution in [-0.4, -0.2) is 65.5 Å². The summed E-state index contributed by atoms with van der Waals surface area (Å²) < 4.78 is 0. The predicted octanol–water partition coefficient (Wildman–Crippen LogP) is -2.40. The summed E-state index contributed by atoms with van der Waals surface area (Å²) in [7, 11) is 0. The van der Waals surface area contributed by atoms with Crippen LogP contribution in [0, 0.1) is 5.92 Å². The Morgan fingerprint density at radius 1 is 0.897 bits per heavy atom. The number of aliphatic imine (C=N–C) groups is 1. The van der Waals surface area contributed by atoms with Crippen molar-refractivity contribution in [3.05, 3.63) is 0 Å². The number of nitrogens with zero attached hydrogens (tertiary/aromatic N) is 1. The number of guanidine groups is 1. The third kappa shape index (κ3) is 10.3. The summed E-state index contributed by atoms with van der Waals surface area (Å²) in [5.74, 6) is -3.18. The maximum absolute atomic E-state index is 12.2. The van der Waals surface area contributed by atoms with Gasteiger partial charge in [-0.15, -0.1) is 0 Å². The molecule has 166 valence electrons. The summed E-state index contributed by atoms with van der Waals surface area (Å²) in [6, 6.07) is -3.85. The molecule has 0 aromatic rings. The van der Waals surface area contributed by atoms with Gasteiger partial charge in [-0.1, -0.05) is 13.8 Å². The quantitative estimate of drug-likeness (QED) is 0.103. The zero-order chi connectivity index (χ0) is 22.7. The highest BCUT2D eigenvalue weighted by atomic mass is 16.4. The first-order valence-electron chi connectivity index (χ1n) is 9.31. The number of carbonyl (C=O) groups is 4. The maximum Gasteiger partial charge on any atom is 0.326 e. The molecular formula is C17H33N7O5. The van der Waals surface area contributed by atoms with Crippen LogP contribution in [0.15, 0.2) is 4.99 Å². The minimum absolute atomic E-state index is 0.102. The first-order chi connectivity index (χ1) is 13.4. The number of nitrogens with two attached hydrogens (primary N) is 3. The molecule has 0 aliphatic heterocycles. The fourth-order valence-electron chi connectivity index (χ4n) is 2.14. The maximum atomic E-state index is 12.2. The smallest absolute Gasteiger partial charge is 0.326 e. The summed E-state index contributed by atoms with van der Waals surface area (Å²) in [5, 5.41) is 16.5. The Morgan fingerprint density at radius 3 is 1.83 bits per heavy atom. The van der Waals surface area contributed by atoms with E-state index in [0.717, 1.165) is 0 Å². The highest BCUT2D eigenvalue weighted by Crippen LogP contribution is 2.01. The van der Waals surface area contributed by atoms with Gasteiger partial charge in [0.1, 0.15) is 18.1 Å². The molecule has 0 fully saturated rings. The van der Waals surface area contributed by atoms with Crippen LogP contribution in [-0.2, 0) is 19.2 Å². The summed E-state index contributed by atoms with van der Waals surface area (Å²) in [6.45, 7) is 6.63. The van der Waals surface area contributed by atoms with Crippen LogP contribution >= 0.6 is 0 Å². The Morgan fingerprint density at radius 2 is 1.38 bits per heavy atom. The van der Waals surface area contributed by atoms with Gasteiger partial charge in [0.05, 0.1) is 6.04 Å². The summed E-state index contributed by atoms with van der Waals surface area (Å²) >= 11 is 0. The molecule has 0 spiro atoms. The fourth-order valence-corrected chi connectivity index (χ4v) is 2.14. The zero-order valence-corrected chi connectivity index (χ0v) is 17.3. The van der Waals surface area contributed by atoms with Crippen molar-refractivity contribution in [1.29, 1.82) is 0 Å². The molecule has 0 bridgehead atoms. The van der Waals surface area contributed by atoms with Crippen molar-refractivity contribution in [2.45, 2.75) is 64.7 Å². The normalized spacial score (nSPS) is 14.8. The van der Waals surface area contributed by atoms with E-state index in [9.17, 15) is 24.3 Å². The first kappa shape index (κ1) is 26.1. The van der Waals surface area contributed by atoms with E-state index in [2.05, 4.69) is 20.9 Å². The second-order valence-corrected chi connectivity index (χ2v) is 7.08. The second-order valence-electron chi connectivity index (χ2n) is 7.08. The Labute approximate surface area is 170 Å². The van der Waals surface area contributed by atoms with E-state index in [-0.39, 0.29) is 24.8 Å². The van der Waals surface area contributed by atoms with Crippen LogP contribution in [0.5, 0.6) is 0 Å². The van der Waals surface area contributed by atoms with Crippen molar-refractivity contribution >= 4 is 29.7 Å². The molecule has 0 aromatic heterocycles. The second kappa shape index (κ2) is 12.5. The number of hydrogen-bond donors (Lipinski definition) is 7. The highest BCUT2D eigenvalue weighted by molar-refractivity contribution is 5.93. The van der Waals surface area contributed by atoms with Crippen LogP contribution in [0.1, 0.15) is 40.5 Å². The Kier molecular flexibility index (Phi) is 11.3. The lowest BCUT2D eigenvalue weighted by Crippen LogP contribution is -2.56. The number of carboxylic acid groups (broad SMARTS) is 1.